The Bertz CT molecular complexity index is 624. The molecule has 4 rings (SSSR count). The molecule has 1 aliphatic carbocycles. The van der Waals surface area contributed by atoms with Crippen molar-refractivity contribution in [2.75, 3.05) is 26.2 Å². The van der Waals surface area contributed by atoms with E-state index in [4.69, 9.17) is 4.42 Å². The highest BCUT2D eigenvalue weighted by Gasteiger charge is 2.49. The van der Waals surface area contributed by atoms with Gasteiger partial charge >= 0.3 is 0 Å². The maximum absolute atomic E-state index is 12.8. The number of carbonyl (C=O) groups excluding carboxylic acids is 2. The van der Waals surface area contributed by atoms with E-state index in [1.807, 2.05) is 11.8 Å². The van der Waals surface area contributed by atoms with Crippen LogP contribution in [0.1, 0.15) is 48.2 Å². The highest BCUT2D eigenvalue weighted by molar-refractivity contribution is 5.95. The van der Waals surface area contributed by atoms with E-state index >= 15 is 0 Å². The van der Waals surface area contributed by atoms with Crippen molar-refractivity contribution in [1.82, 2.24) is 9.80 Å². The van der Waals surface area contributed by atoms with Gasteiger partial charge in [0.1, 0.15) is 5.76 Å². The third-order valence-corrected chi connectivity index (χ3v) is 5.87. The molecule has 0 radical (unpaired) electrons. The number of aryl methyl sites for hydroxylation is 1. The van der Waals surface area contributed by atoms with Crippen LogP contribution in [0, 0.1) is 18.3 Å². The molecule has 1 aromatic heterocycles. The van der Waals surface area contributed by atoms with Crippen LogP contribution in [-0.2, 0) is 4.79 Å². The molecule has 1 aromatic rings. The summed E-state index contributed by atoms with van der Waals surface area (Å²) < 4.78 is 5.24. The van der Waals surface area contributed by atoms with Crippen molar-refractivity contribution in [1.29, 1.82) is 0 Å². The number of nitrogens with zero attached hydrogens (tertiary/aromatic N) is 2. The molecule has 2 amide bonds. The summed E-state index contributed by atoms with van der Waals surface area (Å²) in [7, 11) is 0. The van der Waals surface area contributed by atoms with Crippen LogP contribution >= 0.6 is 0 Å². The van der Waals surface area contributed by atoms with E-state index in [9.17, 15) is 9.59 Å². The van der Waals surface area contributed by atoms with Crippen molar-refractivity contribution in [3.8, 4) is 0 Å². The Morgan fingerprint density at radius 2 is 1.96 bits per heavy atom. The molecule has 0 N–H and O–H groups in total. The summed E-state index contributed by atoms with van der Waals surface area (Å²) in [5.41, 5.74) is 0.450. The van der Waals surface area contributed by atoms with Gasteiger partial charge in [0.05, 0.1) is 17.2 Å². The maximum atomic E-state index is 12.8. The van der Waals surface area contributed by atoms with E-state index in [0.29, 0.717) is 30.3 Å². The van der Waals surface area contributed by atoms with Gasteiger partial charge in [0.25, 0.3) is 5.91 Å². The van der Waals surface area contributed by atoms with Gasteiger partial charge in [-0.15, -0.1) is 0 Å². The highest BCUT2D eigenvalue weighted by atomic mass is 16.3. The summed E-state index contributed by atoms with van der Waals surface area (Å²) >= 11 is 0. The number of hydrogen-bond donors (Lipinski definition) is 0. The number of carbonyl (C=O) groups is 2. The van der Waals surface area contributed by atoms with Gasteiger partial charge in [-0.25, -0.2) is 0 Å². The smallest absolute Gasteiger partial charge is 0.257 e. The molecule has 1 spiro atoms. The first-order valence-corrected chi connectivity index (χ1v) is 8.72. The predicted molar refractivity (Wildman–Crippen MR) is 84.9 cm³/mol. The standard InChI is InChI=1S/C18H24N2O3/c1-13-15(4-11-23-13)16(21)19-8-5-18(6-9-19)7-10-20(17(18)22)12-14-2-3-14/h4,11,14H,2-3,5-10,12H2,1H3. The number of piperidine rings is 1. The third-order valence-electron chi connectivity index (χ3n) is 5.87. The average molecular weight is 316 g/mol. The SMILES string of the molecule is Cc1occc1C(=O)N1CCC2(CC1)CCN(CC1CC1)C2=O. The largest absolute Gasteiger partial charge is 0.469 e. The quantitative estimate of drug-likeness (QED) is 0.861. The summed E-state index contributed by atoms with van der Waals surface area (Å²) in [6, 6.07) is 1.74. The van der Waals surface area contributed by atoms with E-state index in [2.05, 4.69) is 4.90 Å². The van der Waals surface area contributed by atoms with Gasteiger partial charge in [-0.3, -0.25) is 9.59 Å². The Morgan fingerprint density at radius 1 is 1.26 bits per heavy atom. The Balaban J connectivity index is 1.40. The molecule has 0 atom stereocenters. The van der Waals surface area contributed by atoms with Gasteiger partial charge in [-0.05, 0) is 51.0 Å². The Morgan fingerprint density at radius 3 is 2.57 bits per heavy atom. The van der Waals surface area contributed by atoms with Gasteiger partial charge in [-0.1, -0.05) is 0 Å². The first-order chi connectivity index (χ1) is 11.1. The summed E-state index contributed by atoms with van der Waals surface area (Å²) in [5.74, 6) is 1.80. The van der Waals surface area contributed by atoms with E-state index in [1.165, 1.54) is 12.8 Å². The minimum atomic E-state index is -0.197. The molecule has 2 aliphatic heterocycles. The normalized spacial score (nSPS) is 23.8. The average Bonchev–Trinajstić information content (AvgIpc) is 3.21. The fourth-order valence-electron chi connectivity index (χ4n) is 4.06. The molecule has 5 heteroatoms. The Kier molecular flexibility index (Phi) is 3.47. The van der Waals surface area contributed by atoms with Gasteiger partial charge in [0.2, 0.25) is 5.91 Å². The second-order valence-electron chi connectivity index (χ2n) is 7.41. The molecule has 3 aliphatic rings. The molecule has 3 heterocycles. The topological polar surface area (TPSA) is 53.8 Å². The van der Waals surface area contributed by atoms with E-state index in [1.54, 1.807) is 12.3 Å². The Hall–Kier alpha value is -1.78. The number of hydrogen-bond acceptors (Lipinski definition) is 3. The minimum Gasteiger partial charge on any atom is -0.469 e. The molecule has 1 saturated carbocycles. The first-order valence-electron chi connectivity index (χ1n) is 8.72. The molecule has 2 saturated heterocycles. The Labute approximate surface area is 136 Å². The molecule has 0 bridgehead atoms. The van der Waals surface area contributed by atoms with E-state index in [0.717, 1.165) is 38.3 Å². The van der Waals surface area contributed by atoms with E-state index < -0.39 is 0 Å². The fourth-order valence-corrected chi connectivity index (χ4v) is 4.06. The summed E-state index contributed by atoms with van der Waals surface area (Å²) in [4.78, 5) is 29.3. The number of furan rings is 1. The van der Waals surface area contributed by atoms with Crippen LogP contribution in [-0.4, -0.2) is 47.8 Å². The number of likely N-dealkylation sites (tertiary alicyclic amines) is 2. The molecule has 0 aromatic carbocycles. The highest BCUT2D eigenvalue weighted by Crippen LogP contribution is 2.43. The van der Waals surface area contributed by atoms with Crippen LogP contribution in [0.25, 0.3) is 0 Å². The number of amides is 2. The van der Waals surface area contributed by atoms with Crippen LogP contribution < -0.4 is 0 Å². The molecular formula is C18H24N2O3. The molecule has 0 unspecified atom stereocenters. The lowest BCUT2D eigenvalue weighted by atomic mass is 9.77. The lowest BCUT2D eigenvalue weighted by Crippen LogP contribution is -2.46. The van der Waals surface area contributed by atoms with Crippen LogP contribution in [0.4, 0.5) is 0 Å². The van der Waals surface area contributed by atoms with Gasteiger partial charge < -0.3 is 14.2 Å². The zero-order valence-electron chi connectivity index (χ0n) is 13.7. The summed E-state index contributed by atoms with van der Waals surface area (Å²) in [6.07, 6.45) is 6.69. The summed E-state index contributed by atoms with van der Waals surface area (Å²) in [5, 5.41) is 0. The van der Waals surface area contributed by atoms with Gasteiger partial charge in [0.15, 0.2) is 0 Å². The summed E-state index contributed by atoms with van der Waals surface area (Å²) in [6.45, 7) is 5.02. The van der Waals surface area contributed by atoms with Gasteiger partial charge in [0, 0.05) is 26.2 Å². The van der Waals surface area contributed by atoms with Crippen LogP contribution in [0.15, 0.2) is 16.7 Å². The van der Waals surface area contributed by atoms with Crippen molar-refractivity contribution in [3.63, 3.8) is 0 Å². The molecule has 5 nitrogen and oxygen atoms in total. The first kappa shape index (κ1) is 14.8. The van der Waals surface area contributed by atoms with Gasteiger partial charge in [-0.2, -0.15) is 0 Å². The zero-order chi connectivity index (χ0) is 16.0. The lowest BCUT2D eigenvalue weighted by molar-refractivity contribution is -0.138. The van der Waals surface area contributed by atoms with Crippen molar-refractivity contribution in [3.05, 3.63) is 23.7 Å². The van der Waals surface area contributed by atoms with E-state index in [-0.39, 0.29) is 11.3 Å². The molecular weight excluding hydrogens is 292 g/mol. The molecule has 124 valence electrons. The van der Waals surface area contributed by atoms with Crippen LogP contribution in [0.2, 0.25) is 0 Å². The van der Waals surface area contributed by atoms with Crippen molar-refractivity contribution in [2.45, 2.75) is 39.0 Å². The third kappa shape index (κ3) is 2.56. The van der Waals surface area contributed by atoms with Crippen molar-refractivity contribution >= 4 is 11.8 Å². The lowest BCUT2D eigenvalue weighted by Gasteiger charge is -2.38. The second kappa shape index (κ2) is 5.39. The minimum absolute atomic E-state index is 0.0337. The molecule has 3 fully saturated rings. The van der Waals surface area contributed by atoms with Crippen LogP contribution in [0.3, 0.4) is 0 Å². The number of rotatable bonds is 3. The molecule has 23 heavy (non-hydrogen) atoms. The second-order valence-corrected chi connectivity index (χ2v) is 7.41. The van der Waals surface area contributed by atoms with Crippen molar-refractivity contribution in [2.24, 2.45) is 11.3 Å². The maximum Gasteiger partial charge on any atom is 0.257 e. The monoisotopic (exact) mass is 316 g/mol. The fraction of sp³-hybridized carbons (Fsp3) is 0.667. The zero-order valence-corrected chi connectivity index (χ0v) is 13.7. The van der Waals surface area contributed by atoms with Crippen molar-refractivity contribution < 1.29 is 14.0 Å². The van der Waals surface area contributed by atoms with Crippen LogP contribution in [0.5, 0.6) is 0 Å². The predicted octanol–water partition coefficient (Wildman–Crippen LogP) is 2.45.